The van der Waals surface area contributed by atoms with Crippen LogP contribution in [0.1, 0.15) is 32.1 Å². The van der Waals surface area contributed by atoms with Gasteiger partial charge in [0.25, 0.3) is 0 Å². The van der Waals surface area contributed by atoms with Gasteiger partial charge in [-0.25, -0.2) is 0 Å². The zero-order chi connectivity index (χ0) is 14.6. The molecule has 1 amide bonds. The number of benzene rings is 1. The van der Waals surface area contributed by atoms with E-state index in [0.717, 1.165) is 30.6 Å². The van der Waals surface area contributed by atoms with Gasteiger partial charge in [-0.2, -0.15) is 5.26 Å². The molecule has 1 aromatic rings. The van der Waals surface area contributed by atoms with E-state index in [0.29, 0.717) is 12.8 Å². The van der Waals surface area contributed by atoms with Crippen LogP contribution in [0.25, 0.3) is 0 Å². The van der Waals surface area contributed by atoms with Crippen LogP contribution >= 0.6 is 0 Å². The molecule has 1 aromatic carbocycles. The van der Waals surface area contributed by atoms with Crippen molar-refractivity contribution >= 4 is 17.3 Å². The highest BCUT2D eigenvalue weighted by atomic mass is 16.2. The normalized spacial score (nSPS) is 17.1. The third-order valence-corrected chi connectivity index (χ3v) is 4.00. The topological polar surface area (TPSA) is 56.1 Å². The Morgan fingerprint density at radius 1 is 1.20 bits per heavy atom. The minimum atomic E-state index is -0.835. The maximum Gasteiger partial charge on any atom is 0.244 e. The molecule has 0 bridgehead atoms. The predicted molar refractivity (Wildman–Crippen MR) is 80.5 cm³/mol. The number of rotatable bonds is 3. The van der Waals surface area contributed by atoms with Crippen LogP contribution in [0.3, 0.4) is 0 Å². The number of carbonyl (C=O) groups excluding carboxylic acids is 1. The summed E-state index contributed by atoms with van der Waals surface area (Å²) in [6.45, 7) is 0. The second-order valence-corrected chi connectivity index (χ2v) is 5.65. The van der Waals surface area contributed by atoms with Crippen molar-refractivity contribution in [1.82, 2.24) is 0 Å². The molecule has 4 nitrogen and oxygen atoms in total. The van der Waals surface area contributed by atoms with Gasteiger partial charge < -0.3 is 10.2 Å². The Hall–Kier alpha value is -2.02. The number of hydrogen-bond donors (Lipinski definition) is 1. The molecule has 0 spiro atoms. The van der Waals surface area contributed by atoms with E-state index < -0.39 is 5.41 Å². The smallest absolute Gasteiger partial charge is 0.244 e. The lowest BCUT2D eigenvalue weighted by Gasteiger charge is -2.29. The molecule has 4 heteroatoms. The zero-order valence-corrected chi connectivity index (χ0v) is 12.1. The zero-order valence-electron chi connectivity index (χ0n) is 12.1. The molecule has 0 saturated heterocycles. The molecular formula is C16H21N3O. The van der Waals surface area contributed by atoms with Gasteiger partial charge >= 0.3 is 0 Å². The SMILES string of the molecule is CN(C)c1ccc(NC(=O)C2(C#N)CCCCC2)cc1. The maximum absolute atomic E-state index is 12.4. The number of anilines is 2. The van der Waals surface area contributed by atoms with Gasteiger partial charge in [0.15, 0.2) is 0 Å². The van der Waals surface area contributed by atoms with E-state index in [1.807, 2.05) is 43.3 Å². The monoisotopic (exact) mass is 271 g/mol. The highest BCUT2D eigenvalue weighted by Gasteiger charge is 2.39. The molecule has 0 atom stereocenters. The largest absolute Gasteiger partial charge is 0.378 e. The van der Waals surface area contributed by atoms with Crippen molar-refractivity contribution in [2.24, 2.45) is 5.41 Å². The summed E-state index contributed by atoms with van der Waals surface area (Å²) in [5.74, 6) is -0.155. The molecule has 0 aliphatic heterocycles. The van der Waals surface area contributed by atoms with Gasteiger partial charge in [0.1, 0.15) is 5.41 Å². The van der Waals surface area contributed by atoms with Crippen molar-refractivity contribution in [1.29, 1.82) is 5.26 Å². The number of hydrogen-bond acceptors (Lipinski definition) is 3. The first-order valence-electron chi connectivity index (χ1n) is 7.07. The average molecular weight is 271 g/mol. The van der Waals surface area contributed by atoms with E-state index >= 15 is 0 Å². The molecule has 0 heterocycles. The fraction of sp³-hybridized carbons (Fsp3) is 0.500. The van der Waals surface area contributed by atoms with Crippen LogP contribution < -0.4 is 10.2 Å². The fourth-order valence-corrected chi connectivity index (χ4v) is 2.64. The summed E-state index contributed by atoms with van der Waals surface area (Å²) >= 11 is 0. The van der Waals surface area contributed by atoms with Crippen LogP contribution in [0.2, 0.25) is 0 Å². The molecule has 0 unspecified atom stereocenters. The summed E-state index contributed by atoms with van der Waals surface area (Å²) in [4.78, 5) is 14.4. The summed E-state index contributed by atoms with van der Waals surface area (Å²) in [5.41, 5.74) is 0.995. The summed E-state index contributed by atoms with van der Waals surface area (Å²) in [6, 6.07) is 9.91. The Bertz CT molecular complexity index is 508. The Morgan fingerprint density at radius 2 is 1.80 bits per heavy atom. The van der Waals surface area contributed by atoms with E-state index in [9.17, 15) is 10.1 Å². The van der Waals surface area contributed by atoms with Crippen molar-refractivity contribution in [3.8, 4) is 6.07 Å². The van der Waals surface area contributed by atoms with E-state index in [1.54, 1.807) is 0 Å². The van der Waals surface area contributed by atoms with Gasteiger partial charge in [-0.1, -0.05) is 19.3 Å². The Labute approximate surface area is 120 Å². The molecule has 1 N–H and O–H groups in total. The van der Waals surface area contributed by atoms with Gasteiger partial charge in [0.05, 0.1) is 6.07 Å². The van der Waals surface area contributed by atoms with Crippen LogP contribution in [0, 0.1) is 16.7 Å². The number of nitrogens with one attached hydrogen (secondary N) is 1. The predicted octanol–water partition coefficient (Wildman–Crippen LogP) is 3.17. The number of amides is 1. The lowest BCUT2D eigenvalue weighted by atomic mass is 9.74. The Kier molecular flexibility index (Phi) is 4.29. The van der Waals surface area contributed by atoms with Gasteiger partial charge in [-0.15, -0.1) is 0 Å². The Balaban J connectivity index is 2.08. The second kappa shape index (κ2) is 5.96. The summed E-state index contributed by atoms with van der Waals surface area (Å²) < 4.78 is 0. The first-order chi connectivity index (χ1) is 9.57. The number of carbonyl (C=O) groups is 1. The van der Waals surface area contributed by atoms with E-state index in [1.165, 1.54) is 0 Å². The molecule has 1 fully saturated rings. The van der Waals surface area contributed by atoms with Crippen LogP contribution in [-0.4, -0.2) is 20.0 Å². The van der Waals surface area contributed by atoms with Crippen LogP contribution in [0.5, 0.6) is 0 Å². The first kappa shape index (κ1) is 14.4. The lowest BCUT2D eigenvalue weighted by molar-refractivity contribution is -0.124. The molecule has 2 rings (SSSR count). The van der Waals surface area contributed by atoms with Crippen LogP contribution in [-0.2, 0) is 4.79 Å². The minimum Gasteiger partial charge on any atom is -0.378 e. The van der Waals surface area contributed by atoms with Crippen LogP contribution in [0.4, 0.5) is 11.4 Å². The van der Waals surface area contributed by atoms with Crippen molar-refractivity contribution in [2.45, 2.75) is 32.1 Å². The third-order valence-electron chi connectivity index (χ3n) is 4.00. The summed E-state index contributed by atoms with van der Waals surface area (Å²) in [6.07, 6.45) is 4.38. The van der Waals surface area contributed by atoms with E-state index in [-0.39, 0.29) is 5.91 Å². The lowest BCUT2D eigenvalue weighted by Crippen LogP contribution is -2.36. The third kappa shape index (κ3) is 2.93. The van der Waals surface area contributed by atoms with Crippen molar-refractivity contribution < 1.29 is 4.79 Å². The summed E-state index contributed by atoms with van der Waals surface area (Å²) in [7, 11) is 3.95. The molecule has 1 aliphatic rings. The van der Waals surface area contributed by atoms with Gasteiger partial charge in [0.2, 0.25) is 5.91 Å². The van der Waals surface area contributed by atoms with E-state index in [2.05, 4.69) is 11.4 Å². The molecule has 0 aromatic heterocycles. The molecule has 1 aliphatic carbocycles. The molecular weight excluding hydrogens is 250 g/mol. The van der Waals surface area contributed by atoms with Crippen LogP contribution in [0.15, 0.2) is 24.3 Å². The molecule has 106 valence electrons. The molecule has 0 radical (unpaired) electrons. The quantitative estimate of drug-likeness (QED) is 0.918. The van der Waals surface area contributed by atoms with Gasteiger partial charge in [-0.3, -0.25) is 4.79 Å². The highest BCUT2D eigenvalue weighted by Crippen LogP contribution is 2.36. The van der Waals surface area contributed by atoms with Gasteiger partial charge in [-0.05, 0) is 37.1 Å². The minimum absolute atomic E-state index is 0.155. The highest BCUT2D eigenvalue weighted by molar-refractivity contribution is 5.97. The van der Waals surface area contributed by atoms with E-state index in [4.69, 9.17) is 0 Å². The van der Waals surface area contributed by atoms with Crippen molar-refractivity contribution in [2.75, 3.05) is 24.3 Å². The molecule has 1 saturated carbocycles. The standard InChI is InChI=1S/C16H21N3O/c1-19(2)14-8-6-13(7-9-14)18-15(20)16(12-17)10-4-3-5-11-16/h6-9H,3-5,10-11H2,1-2H3,(H,18,20). The first-order valence-corrected chi connectivity index (χ1v) is 7.07. The molecule has 20 heavy (non-hydrogen) atoms. The summed E-state index contributed by atoms with van der Waals surface area (Å²) in [5, 5.41) is 12.3. The van der Waals surface area contributed by atoms with Gasteiger partial charge in [0, 0.05) is 25.5 Å². The van der Waals surface area contributed by atoms with Crippen molar-refractivity contribution in [3.63, 3.8) is 0 Å². The number of nitriles is 1. The fourth-order valence-electron chi connectivity index (χ4n) is 2.64. The Morgan fingerprint density at radius 3 is 2.30 bits per heavy atom. The second-order valence-electron chi connectivity index (χ2n) is 5.65. The van der Waals surface area contributed by atoms with Crippen molar-refractivity contribution in [3.05, 3.63) is 24.3 Å². The average Bonchev–Trinajstić information content (AvgIpc) is 2.48. The maximum atomic E-state index is 12.4. The number of nitrogens with zero attached hydrogens (tertiary/aromatic N) is 2.